The highest BCUT2D eigenvalue weighted by molar-refractivity contribution is 5.92. The summed E-state index contributed by atoms with van der Waals surface area (Å²) in [5.74, 6) is 0.579. The van der Waals surface area contributed by atoms with Crippen LogP contribution >= 0.6 is 0 Å². The molecule has 0 aliphatic carbocycles. The van der Waals surface area contributed by atoms with Crippen molar-refractivity contribution in [3.63, 3.8) is 0 Å². The number of fused-ring (bicyclic) bond motifs is 1. The van der Waals surface area contributed by atoms with Gasteiger partial charge in [-0.15, -0.1) is 0 Å². The van der Waals surface area contributed by atoms with Gasteiger partial charge in [0.1, 0.15) is 11.9 Å². The van der Waals surface area contributed by atoms with E-state index in [0.717, 1.165) is 53.7 Å². The van der Waals surface area contributed by atoms with Crippen molar-refractivity contribution in [2.24, 2.45) is 5.92 Å². The van der Waals surface area contributed by atoms with E-state index in [-0.39, 0.29) is 29.8 Å². The topological polar surface area (TPSA) is 112 Å². The number of nitrogens with one attached hydrogen (secondary N) is 3. The summed E-state index contributed by atoms with van der Waals surface area (Å²) in [6.07, 6.45) is 3.27. The zero-order valence-electron chi connectivity index (χ0n) is 21.8. The number of hydrogen-bond donors (Lipinski definition) is 3. The van der Waals surface area contributed by atoms with Gasteiger partial charge in [-0.05, 0) is 58.6 Å². The number of hydrogen-bond acceptors (Lipinski definition) is 6. The first-order valence-electron chi connectivity index (χ1n) is 13.2. The number of likely N-dealkylation sites (tertiary alicyclic amines) is 1. The lowest BCUT2D eigenvalue weighted by atomic mass is 9.90. The molecule has 2 saturated heterocycles. The van der Waals surface area contributed by atoms with Gasteiger partial charge in [0, 0.05) is 31.0 Å². The minimum Gasteiger partial charge on any atom is -0.381 e. The van der Waals surface area contributed by atoms with E-state index in [1.54, 1.807) is 14.0 Å². The van der Waals surface area contributed by atoms with Crippen LogP contribution in [-0.2, 0) is 14.3 Å². The average Bonchev–Trinajstić information content (AvgIpc) is 3.58. The van der Waals surface area contributed by atoms with E-state index < -0.39 is 6.04 Å². The number of carbonyl (C=O) groups excluding carboxylic acids is 2. The zero-order valence-corrected chi connectivity index (χ0v) is 21.8. The molecule has 0 bridgehead atoms. The highest BCUT2D eigenvalue weighted by atomic mass is 16.5. The van der Waals surface area contributed by atoms with Gasteiger partial charge < -0.3 is 25.3 Å². The Morgan fingerprint density at radius 1 is 1.14 bits per heavy atom. The Balaban J connectivity index is 1.46. The molecule has 0 spiro atoms. The van der Waals surface area contributed by atoms with Crippen LogP contribution in [-0.4, -0.2) is 70.6 Å². The molecule has 3 atom stereocenters. The number of ether oxygens (including phenoxy) is 1. The van der Waals surface area contributed by atoms with Crippen LogP contribution in [0.5, 0.6) is 0 Å². The van der Waals surface area contributed by atoms with Crippen molar-refractivity contribution < 1.29 is 14.3 Å². The minimum absolute atomic E-state index is 0.0183. The number of amides is 2. The Morgan fingerprint density at radius 2 is 1.89 bits per heavy atom. The van der Waals surface area contributed by atoms with E-state index in [1.165, 1.54) is 0 Å². The lowest BCUT2D eigenvalue weighted by Gasteiger charge is -2.35. The number of rotatable bonds is 7. The number of benzene rings is 1. The van der Waals surface area contributed by atoms with Crippen LogP contribution in [0, 0.1) is 12.8 Å². The van der Waals surface area contributed by atoms with Gasteiger partial charge in [-0.1, -0.05) is 30.3 Å². The molecule has 4 heterocycles. The van der Waals surface area contributed by atoms with Gasteiger partial charge >= 0.3 is 0 Å². The van der Waals surface area contributed by atoms with E-state index in [9.17, 15) is 9.59 Å². The van der Waals surface area contributed by atoms with Crippen LogP contribution in [0.4, 0.5) is 0 Å². The minimum atomic E-state index is -0.570. The van der Waals surface area contributed by atoms with E-state index in [2.05, 4.69) is 26.7 Å². The molecule has 3 unspecified atom stereocenters. The molecule has 3 N–H and O–H groups in total. The van der Waals surface area contributed by atoms with Gasteiger partial charge in [-0.3, -0.25) is 9.59 Å². The summed E-state index contributed by atoms with van der Waals surface area (Å²) >= 11 is 0. The molecule has 2 fully saturated rings. The summed E-state index contributed by atoms with van der Waals surface area (Å²) in [5, 5.41) is 6.04. The van der Waals surface area contributed by atoms with Crippen LogP contribution < -0.4 is 10.6 Å². The summed E-state index contributed by atoms with van der Waals surface area (Å²) in [5.41, 5.74) is 4.56. The second kappa shape index (κ2) is 11.0. The lowest BCUT2D eigenvalue weighted by molar-refractivity contribution is -0.140. The molecule has 37 heavy (non-hydrogen) atoms. The summed E-state index contributed by atoms with van der Waals surface area (Å²) in [6, 6.07) is 11.1. The Bertz CT molecular complexity index is 1250. The van der Waals surface area contributed by atoms with Crippen LogP contribution in [0.2, 0.25) is 0 Å². The highest BCUT2D eigenvalue weighted by Crippen LogP contribution is 2.36. The first-order valence-corrected chi connectivity index (χ1v) is 13.2. The van der Waals surface area contributed by atoms with Gasteiger partial charge in [-0.2, -0.15) is 0 Å². The van der Waals surface area contributed by atoms with Crippen molar-refractivity contribution in [3.8, 4) is 11.3 Å². The predicted molar refractivity (Wildman–Crippen MR) is 142 cm³/mol. The molecule has 196 valence electrons. The summed E-state index contributed by atoms with van der Waals surface area (Å²) in [4.78, 5) is 41.8. The normalized spacial score (nSPS) is 20.2. The molecule has 5 rings (SSSR count). The van der Waals surface area contributed by atoms with Crippen molar-refractivity contribution in [1.82, 2.24) is 30.5 Å². The Labute approximate surface area is 217 Å². The maximum absolute atomic E-state index is 14.0. The monoisotopic (exact) mass is 504 g/mol. The van der Waals surface area contributed by atoms with E-state index in [4.69, 9.17) is 9.72 Å². The van der Waals surface area contributed by atoms with E-state index in [0.29, 0.717) is 25.6 Å². The Morgan fingerprint density at radius 3 is 2.62 bits per heavy atom. The number of H-pyrrole nitrogens is 1. The molecule has 2 aliphatic heterocycles. The number of aryl methyl sites for hydroxylation is 1. The standard InChI is InChI=1S/C28H36N6O3/c1-17(29-3)27(35)33-25(20-11-14-37-15-12-20)28(36)34-13-7-10-23(34)21-16-22-26(32-21)24(31-18(2)30-22)19-8-5-4-6-9-19/h4-6,8-9,16-17,20,23,25,29,32H,7,10-15H2,1-3H3,(H,33,35). The molecule has 9 heteroatoms. The molecule has 2 aliphatic rings. The molecule has 3 aromatic rings. The molecule has 2 amide bonds. The fourth-order valence-corrected chi connectivity index (χ4v) is 5.51. The summed E-state index contributed by atoms with van der Waals surface area (Å²) in [7, 11) is 1.75. The Kier molecular flexibility index (Phi) is 7.53. The highest BCUT2D eigenvalue weighted by Gasteiger charge is 2.39. The van der Waals surface area contributed by atoms with Gasteiger partial charge in [-0.25, -0.2) is 9.97 Å². The van der Waals surface area contributed by atoms with E-state index >= 15 is 0 Å². The molecule has 2 aromatic heterocycles. The van der Waals surface area contributed by atoms with Crippen molar-refractivity contribution >= 4 is 22.8 Å². The maximum atomic E-state index is 14.0. The second-order valence-corrected chi connectivity index (χ2v) is 10.1. The molecule has 0 saturated carbocycles. The van der Waals surface area contributed by atoms with Crippen LogP contribution in [0.25, 0.3) is 22.3 Å². The van der Waals surface area contributed by atoms with Crippen molar-refractivity contribution in [2.75, 3.05) is 26.8 Å². The first kappa shape index (κ1) is 25.4. The first-order chi connectivity index (χ1) is 18.0. The van der Waals surface area contributed by atoms with Crippen molar-refractivity contribution in [2.45, 2.75) is 57.7 Å². The third kappa shape index (κ3) is 5.24. The SMILES string of the molecule is CNC(C)C(=O)NC(C(=O)N1CCCC1c1cc2nc(C)nc(-c3ccccc3)c2[nH]1)C1CCOCC1. The summed E-state index contributed by atoms with van der Waals surface area (Å²) in [6.45, 7) is 5.58. The third-order valence-corrected chi connectivity index (χ3v) is 7.68. The molecule has 0 radical (unpaired) electrons. The molecular weight excluding hydrogens is 468 g/mol. The summed E-state index contributed by atoms with van der Waals surface area (Å²) < 4.78 is 5.54. The van der Waals surface area contributed by atoms with Gasteiger partial charge in [0.05, 0.1) is 28.8 Å². The zero-order chi connectivity index (χ0) is 25.9. The third-order valence-electron chi connectivity index (χ3n) is 7.68. The number of aromatic nitrogens is 3. The maximum Gasteiger partial charge on any atom is 0.246 e. The van der Waals surface area contributed by atoms with Gasteiger partial charge in [0.2, 0.25) is 11.8 Å². The largest absolute Gasteiger partial charge is 0.381 e. The second-order valence-electron chi connectivity index (χ2n) is 10.1. The van der Waals surface area contributed by atoms with Crippen molar-refractivity contribution in [1.29, 1.82) is 0 Å². The number of carbonyl (C=O) groups is 2. The van der Waals surface area contributed by atoms with Gasteiger partial charge in [0.25, 0.3) is 0 Å². The predicted octanol–water partition coefficient (Wildman–Crippen LogP) is 3.12. The van der Waals surface area contributed by atoms with Crippen LogP contribution in [0.15, 0.2) is 36.4 Å². The smallest absolute Gasteiger partial charge is 0.246 e. The fraction of sp³-hybridized carbons (Fsp3) is 0.500. The molecular formula is C28H36N6O3. The van der Waals surface area contributed by atoms with E-state index in [1.807, 2.05) is 42.2 Å². The quantitative estimate of drug-likeness (QED) is 0.456. The average molecular weight is 505 g/mol. The van der Waals surface area contributed by atoms with Crippen LogP contribution in [0.3, 0.4) is 0 Å². The van der Waals surface area contributed by atoms with Crippen molar-refractivity contribution in [3.05, 3.63) is 47.9 Å². The number of likely N-dealkylation sites (N-methyl/N-ethyl adjacent to an activating group) is 1. The number of aromatic amines is 1. The van der Waals surface area contributed by atoms with Gasteiger partial charge in [0.15, 0.2) is 0 Å². The Hall–Kier alpha value is -3.30. The van der Waals surface area contributed by atoms with Crippen LogP contribution in [0.1, 0.15) is 50.2 Å². The lowest BCUT2D eigenvalue weighted by Crippen LogP contribution is -2.56. The molecule has 1 aromatic carbocycles. The number of nitrogens with zero attached hydrogens (tertiary/aromatic N) is 3. The fourth-order valence-electron chi connectivity index (χ4n) is 5.51. The molecule has 9 nitrogen and oxygen atoms in total.